The lowest BCUT2D eigenvalue weighted by molar-refractivity contribution is -0.137. The molecule has 4 rings (SSSR count). The number of halogens is 2. The molecule has 2 aromatic carbocycles. The fourth-order valence-electron chi connectivity index (χ4n) is 3.46. The first kappa shape index (κ1) is 22.1. The maximum Gasteiger partial charge on any atom is 0.278 e. The van der Waals surface area contributed by atoms with Crippen LogP contribution in [0.25, 0.3) is 5.57 Å². The van der Waals surface area contributed by atoms with Crippen LogP contribution in [0.2, 0.25) is 0 Å². The van der Waals surface area contributed by atoms with Crippen LogP contribution in [0.4, 0.5) is 14.5 Å². The van der Waals surface area contributed by atoms with Gasteiger partial charge in [-0.15, -0.1) is 0 Å². The molecule has 0 radical (unpaired) electrons. The summed E-state index contributed by atoms with van der Waals surface area (Å²) in [6.07, 6.45) is 3.12. The first-order valence-electron chi connectivity index (χ1n) is 10.3. The topological polar surface area (TPSA) is 71.5 Å². The zero-order valence-corrected chi connectivity index (χ0v) is 18.0. The molecule has 2 heterocycles. The molecule has 6 nitrogen and oxygen atoms in total. The van der Waals surface area contributed by atoms with Gasteiger partial charge in [0.2, 0.25) is 0 Å². The third-order valence-electron chi connectivity index (χ3n) is 4.96. The van der Waals surface area contributed by atoms with Crippen LogP contribution in [-0.2, 0) is 16.1 Å². The van der Waals surface area contributed by atoms with E-state index in [1.54, 1.807) is 48.8 Å². The Kier molecular flexibility index (Phi) is 6.17. The molecule has 0 atom stereocenters. The van der Waals surface area contributed by atoms with Gasteiger partial charge in [-0.3, -0.25) is 19.5 Å². The van der Waals surface area contributed by atoms with Gasteiger partial charge in [-0.05, 0) is 61.4 Å². The molecule has 0 unspecified atom stereocenters. The molecular weight excluding hydrogens is 428 g/mol. The third kappa shape index (κ3) is 4.74. The largest absolute Gasteiger partial charge is 0.491 e. The molecule has 0 aliphatic carbocycles. The number of carbonyl (C=O) groups excluding carboxylic acids is 2. The van der Waals surface area contributed by atoms with E-state index in [0.29, 0.717) is 11.3 Å². The van der Waals surface area contributed by atoms with Crippen molar-refractivity contribution in [1.82, 2.24) is 9.88 Å². The van der Waals surface area contributed by atoms with Gasteiger partial charge < -0.3 is 10.1 Å². The normalized spacial score (nSPS) is 13.8. The summed E-state index contributed by atoms with van der Waals surface area (Å²) < 4.78 is 32.8. The van der Waals surface area contributed by atoms with Crippen LogP contribution in [0.15, 0.2) is 72.7 Å². The smallest absolute Gasteiger partial charge is 0.278 e. The standard InChI is InChI=1S/C25H21F2N3O3/c1-15(2)33-19-6-3-17(4-7-19)22-23(29-18-5-8-20(26)21(27)13-18)25(32)30(24(22)31)14-16-9-11-28-12-10-16/h3-13,15,29H,14H2,1-2H3. The molecule has 8 heteroatoms. The molecule has 0 saturated carbocycles. The molecule has 2 amide bonds. The highest BCUT2D eigenvalue weighted by atomic mass is 19.2. The minimum atomic E-state index is -1.07. The molecule has 0 saturated heterocycles. The monoisotopic (exact) mass is 449 g/mol. The summed E-state index contributed by atoms with van der Waals surface area (Å²) in [4.78, 5) is 31.6. The number of imide groups is 1. The second-order valence-corrected chi connectivity index (χ2v) is 7.75. The Labute approximate surface area is 189 Å². The molecule has 0 spiro atoms. The van der Waals surface area contributed by atoms with Gasteiger partial charge >= 0.3 is 0 Å². The fourth-order valence-corrected chi connectivity index (χ4v) is 3.46. The van der Waals surface area contributed by atoms with Crippen LogP contribution in [0, 0.1) is 11.6 Å². The number of hydrogen-bond donors (Lipinski definition) is 1. The number of anilines is 1. The molecular formula is C25H21F2N3O3. The van der Waals surface area contributed by atoms with Gasteiger partial charge in [0.1, 0.15) is 11.4 Å². The van der Waals surface area contributed by atoms with Crippen LogP contribution in [0.3, 0.4) is 0 Å². The van der Waals surface area contributed by atoms with Crippen LogP contribution in [0.1, 0.15) is 25.0 Å². The Morgan fingerprint density at radius 3 is 2.27 bits per heavy atom. The van der Waals surface area contributed by atoms with E-state index in [1.807, 2.05) is 13.8 Å². The van der Waals surface area contributed by atoms with Gasteiger partial charge in [0.05, 0.1) is 18.2 Å². The van der Waals surface area contributed by atoms with Crippen molar-refractivity contribution in [2.75, 3.05) is 5.32 Å². The minimum absolute atomic E-state index is 0.0161. The van der Waals surface area contributed by atoms with Gasteiger partial charge in [-0.25, -0.2) is 8.78 Å². The van der Waals surface area contributed by atoms with Gasteiger partial charge in [0.25, 0.3) is 11.8 Å². The lowest BCUT2D eigenvalue weighted by Gasteiger charge is -2.15. The highest BCUT2D eigenvalue weighted by Gasteiger charge is 2.39. The van der Waals surface area contributed by atoms with Crippen molar-refractivity contribution >= 4 is 23.1 Å². The number of hydrogen-bond acceptors (Lipinski definition) is 5. The zero-order valence-electron chi connectivity index (χ0n) is 18.0. The number of carbonyl (C=O) groups is 2. The number of pyridine rings is 1. The Balaban J connectivity index is 1.72. The molecule has 1 aliphatic heterocycles. The lowest BCUT2D eigenvalue weighted by atomic mass is 10.0. The maximum atomic E-state index is 13.7. The van der Waals surface area contributed by atoms with Gasteiger partial charge in [-0.2, -0.15) is 0 Å². The van der Waals surface area contributed by atoms with E-state index in [9.17, 15) is 18.4 Å². The zero-order chi connectivity index (χ0) is 23.5. The van der Waals surface area contributed by atoms with Crippen LogP contribution in [-0.4, -0.2) is 27.8 Å². The van der Waals surface area contributed by atoms with Crippen molar-refractivity contribution in [2.24, 2.45) is 0 Å². The average Bonchev–Trinajstić information content (AvgIpc) is 3.01. The summed E-state index contributed by atoms with van der Waals surface area (Å²) in [6, 6.07) is 13.4. The van der Waals surface area contributed by atoms with Crippen molar-refractivity contribution in [3.05, 3.63) is 95.4 Å². The van der Waals surface area contributed by atoms with Crippen LogP contribution in [0.5, 0.6) is 5.75 Å². The number of nitrogens with zero attached hydrogens (tertiary/aromatic N) is 2. The summed E-state index contributed by atoms with van der Waals surface area (Å²) in [5.41, 5.74) is 1.48. The molecule has 0 bridgehead atoms. The number of aromatic nitrogens is 1. The first-order valence-corrected chi connectivity index (χ1v) is 10.3. The molecule has 1 aromatic heterocycles. The van der Waals surface area contributed by atoms with E-state index >= 15 is 0 Å². The third-order valence-corrected chi connectivity index (χ3v) is 4.96. The summed E-state index contributed by atoms with van der Waals surface area (Å²) in [5, 5.41) is 2.82. The predicted octanol–water partition coefficient (Wildman–Crippen LogP) is 4.54. The summed E-state index contributed by atoms with van der Waals surface area (Å²) in [6.45, 7) is 3.84. The van der Waals surface area contributed by atoms with E-state index in [2.05, 4.69) is 10.3 Å². The average molecular weight is 449 g/mol. The number of nitrogens with one attached hydrogen (secondary N) is 1. The summed E-state index contributed by atoms with van der Waals surface area (Å²) in [5.74, 6) is -2.53. The van der Waals surface area contributed by atoms with Crippen LogP contribution >= 0.6 is 0 Å². The van der Waals surface area contributed by atoms with E-state index in [1.165, 1.54) is 6.07 Å². The van der Waals surface area contributed by atoms with E-state index in [-0.39, 0.29) is 29.6 Å². The minimum Gasteiger partial charge on any atom is -0.491 e. The predicted molar refractivity (Wildman–Crippen MR) is 119 cm³/mol. The highest BCUT2D eigenvalue weighted by Crippen LogP contribution is 2.32. The first-order chi connectivity index (χ1) is 15.8. The van der Waals surface area contributed by atoms with E-state index in [4.69, 9.17) is 4.74 Å². The van der Waals surface area contributed by atoms with Gasteiger partial charge in [0, 0.05) is 24.1 Å². The van der Waals surface area contributed by atoms with Crippen molar-refractivity contribution < 1.29 is 23.1 Å². The van der Waals surface area contributed by atoms with Crippen molar-refractivity contribution in [1.29, 1.82) is 0 Å². The molecule has 1 N–H and O–H groups in total. The fraction of sp³-hybridized carbons (Fsp3) is 0.160. The second kappa shape index (κ2) is 9.20. The number of benzene rings is 2. The molecule has 1 aliphatic rings. The number of amides is 2. The maximum absolute atomic E-state index is 13.7. The SMILES string of the molecule is CC(C)Oc1ccc(C2=C(Nc3ccc(F)c(F)c3)C(=O)N(Cc3ccncc3)C2=O)cc1. The quantitative estimate of drug-likeness (QED) is 0.537. The van der Waals surface area contributed by atoms with Gasteiger partial charge in [0.15, 0.2) is 11.6 Å². The molecule has 0 fully saturated rings. The highest BCUT2D eigenvalue weighted by molar-refractivity contribution is 6.36. The van der Waals surface area contributed by atoms with E-state index in [0.717, 1.165) is 22.6 Å². The Bertz CT molecular complexity index is 1230. The lowest BCUT2D eigenvalue weighted by Crippen LogP contribution is -2.32. The Hall–Kier alpha value is -4.07. The molecule has 168 valence electrons. The second-order valence-electron chi connectivity index (χ2n) is 7.75. The van der Waals surface area contributed by atoms with Gasteiger partial charge in [-0.1, -0.05) is 12.1 Å². The molecule has 33 heavy (non-hydrogen) atoms. The Morgan fingerprint density at radius 1 is 0.939 bits per heavy atom. The summed E-state index contributed by atoms with van der Waals surface area (Å²) in [7, 11) is 0. The van der Waals surface area contributed by atoms with Crippen LogP contribution < -0.4 is 10.1 Å². The molecule has 3 aromatic rings. The van der Waals surface area contributed by atoms with Crippen molar-refractivity contribution in [3.63, 3.8) is 0 Å². The van der Waals surface area contributed by atoms with Crippen molar-refractivity contribution in [2.45, 2.75) is 26.5 Å². The Morgan fingerprint density at radius 2 is 1.64 bits per heavy atom. The number of ether oxygens (including phenoxy) is 1. The van der Waals surface area contributed by atoms with E-state index < -0.39 is 23.4 Å². The number of rotatable bonds is 7. The van der Waals surface area contributed by atoms with Crippen molar-refractivity contribution in [3.8, 4) is 5.75 Å². The summed E-state index contributed by atoms with van der Waals surface area (Å²) >= 11 is 0.